The van der Waals surface area contributed by atoms with Crippen molar-refractivity contribution in [2.24, 2.45) is 0 Å². The van der Waals surface area contributed by atoms with E-state index in [0.29, 0.717) is 11.5 Å². The van der Waals surface area contributed by atoms with Crippen molar-refractivity contribution in [3.63, 3.8) is 0 Å². The van der Waals surface area contributed by atoms with Gasteiger partial charge >= 0.3 is 6.18 Å². The second-order valence-electron chi connectivity index (χ2n) is 5.23. The van der Waals surface area contributed by atoms with Crippen LogP contribution in [0.25, 0.3) is 16.9 Å². The van der Waals surface area contributed by atoms with Gasteiger partial charge in [-0.05, 0) is 37.6 Å². The number of hydrogen-bond donors (Lipinski definition) is 1. The normalized spacial score (nSPS) is 12.2. The van der Waals surface area contributed by atoms with Gasteiger partial charge in [0, 0.05) is 11.4 Å². The van der Waals surface area contributed by atoms with Crippen molar-refractivity contribution in [3.8, 4) is 5.82 Å². The van der Waals surface area contributed by atoms with E-state index in [9.17, 15) is 13.2 Å². The Morgan fingerprint density at radius 1 is 1.23 bits per heavy atom. The highest BCUT2D eigenvalue weighted by Gasteiger charge is 2.34. The zero-order valence-corrected chi connectivity index (χ0v) is 12.2. The van der Waals surface area contributed by atoms with Gasteiger partial charge in [0.05, 0.1) is 11.0 Å². The maximum absolute atomic E-state index is 12.7. The highest BCUT2D eigenvalue weighted by atomic mass is 19.4. The van der Waals surface area contributed by atoms with Gasteiger partial charge in [0.15, 0.2) is 11.5 Å². The fourth-order valence-electron chi connectivity index (χ4n) is 2.42. The molecule has 0 fully saturated rings. The highest BCUT2D eigenvalue weighted by molar-refractivity contribution is 5.77. The smallest absolute Gasteiger partial charge is 0.357 e. The van der Waals surface area contributed by atoms with Crippen LogP contribution in [0.4, 0.5) is 13.2 Å². The minimum atomic E-state index is -4.46. The second-order valence-corrected chi connectivity index (χ2v) is 5.23. The van der Waals surface area contributed by atoms with Crippen LogP contribution in [0.2, 0.25) is 0 Å². The average molecular weight is 308 g/mol. The summed E-state index contributed by atoms with van der Waals surface area (Å²) < 4.78 is 39.4. The molecule has 3 aromatic heterocycles. The molecule has 0 atom stereocenters. The fourth-order valence-corrected chi connectivity index (χ4v) is 2.42. The number of aromatic nitrogens is 4. The van der Waals surface area contributed by atoms with Crippen LogP contribution < -0.4 is 0 Å². The molecule has 0 saturated carbocycles. The summed E-state index contributed by atoms with van der Waals surface area (Å²) in [4.78, 5) is 7.65. The molecule has 1 N–H and O–H groups in total. The Hall–Kier alpha value is -2.31. The van der Waals surface area contributed by atoms with E-state index in [1.54, 1.807) is 13.0 Å². The summed E-state index contributed by atoms with van der Waals surface area (Å²) in [5.74, 6) is 0.377. The lowest BCUT2D eigenvalue weighted by molar-refractivity contribution is -0.141. The summed E-state index contributed by atoms with van der Waals surface area (Å²) in [5, 5.41) is 3.62. The Bertz CT molecular complexity index is 814. The summed E-state index contributed by atoms with van der Waals surface area (Å²) in [5.41, 5.74) is 2.14. The molecule has 7 heteroatoms. The molecule has 22 heavy (non-hydrogen) atoms. The van der Waals surface area contributed by atoms with Crippen LogP contribution in [0.1, 0.15) is 30.4 Å². The summed E-state index contributed by atoms with van der Waals surface area (Å²) in [6.07, 6.45) is -2.54. The van der Waals surface area contributed by atoms with E-state index in [2.05, 4.69) is 22.0 Å². The first-order valence-corrected chi connectivity index (χ1v) is 7.01. The Morgan fingerprint density at radius 2 is 2.00 bits per heavy atom. The lowest BCUT2D eigenvalue weighted by Gasteiger charge is -2.03. The van der Waals surface area contributed by atoms with Crippen molar-refractivity contribution in [1.29, 1.82) is 0 Å². The molecule has 0 unspecified atom stereocenters. The Morgan fingerprint density at radius 3 is 2.64 bits per heavy atom. The van der Waals surface area contributed by atoms with E-state index < -0.39 is 11.9 Å². The van der Waals surface area contributed by atoms with Crippen LogP contribution in [0, 0.1) is 6.92 Å². The van der Waals surface area contributed by atoms with E-state index in [4.69, 9.17) is 0 Å². The maximum atomic E-state index is 12.7. The molecule has 0 aromatic carbocycles. The number of alkyl halides is 3. The van der Waals surface area contributed by atoms with Gasteiger partial charge in [-0.3, -0.25) is 0 Å². The molecular formula is C15H15F3N4. The number of aryl methyl sites for hydroxylation is 2. The number of nitrogens with one attached hydrogen (secondary N) is 1. The van der Waals surface area contributed by atoms with Crippen molar-refractivity contribution in [1.82, 2.24) is 19.7 Å². The summed E-state index contributed by atoms with van der Waals surface area (Å²) in [6.45, 7) is 3.66. The SMILES string of the molecule is CCCc1cc2nc(-n3nc(C(F)(F)F)cc3C)ccc2[nH]1. The first-order valence-electron chi connectivity index (χ1n) is 7.01. The van der Waals surface area contributed by atoms with E-state index in [1.165, 1.54) is 4.68 Å². The van der Waals surface area contributed by atoms with E-state index in [1.807, 2.05) is 12.1 Å². The zero-order chi connectivity index (χ0) is 15.9. The molecular weight excluding hydrogens is 293 g/mol. The number of aromatic amines is 1. The van der Waals surface area contributed by atoms with Crippen LogP contribution in [-0.4, -0.2) is 19.7 Å². The maximum Gasteiger partial charge on any atom is 0.435 e. The molecule has 3 rings (SSSR count). The number of nitrogens with zero attached hydrogens (tertiary/aromatic N) is 3. The molecule has 0 aliphatic rings. The molecule has 0 aliphatic heterocycles. The van der Waals surface area contributed by atoms with Crippen molar-refractivity contribution in [2.45, 2.75) is 32.9 Å². The first-order chi connectivity index (χ1) is 10.4. The van der Waals surface area contributed by atoms with Crippen LogP contribution in [0.3, 0.4) is 0 Å². The standard InChI is InChI=1S/C15H15F3N4/c1-3-4-10-8-12-11(19-10)5-6-14(20-12)22-9(2)7-13(21-22)15(16,17)18/h5-8,19H,3-4H2,1-2H3. The Kier molecular flexibility index (Phi) is 3.42. The summed E-state index contributed by atoms with van der Waals surface area (Å²) >= 11 is 0. The largest absolute Gasteiger partial charge is 0.435 e. The quantitative estimate of drug-likeness (QED) is 0.794. The number of H-pyrrole nitrogens is 1. The Labute approximate surface area is 125 Å². The van der Waals surface area contributed by atoms with Crippen LogP contribution >= 0.6 is 0 Å². The monoisotopic (exact) mass is 308 g/mol. The van der Waals surface area contributed by atoms with Gasteiger partial charge in [-0.25, -0.2) is 9.67 Å². The lowest BCUT2D eigenvalue weighted by Crippen LogP contribution is -2.08. The third kappa shape index (κ3) is 2.58. The van der Waals surface area contributed by atoms with E-state index >= 15 is 0 Å². The molecule has 0 spiro atoms. The van der Waals surface area contributed by atoms with Gasteiger partial charge in [0.25, 0.3) is 0 Å². The predicted molar refractivity (Wildman–Crippen MR) is 76.9 cm³/mol. The number of pyridine rings is 1. The van der Waals surface area contributed by atoms with Gasteiger partial charge in [0.1, 0.15) is 0 Å². The van der Waals surface area contributed by atoms with Crippen molar-refractivity contribution < 1.29 is 13.2 Å². The molecule has 3 heterocycles. The third-order valence-corrected chi connectivity index (χ3v) is 3.43. The van der Waals surface area contributed by atoms with Crippen molar-refractivity contribution in [3.05, 3.63) is 41.3 Å². The van der Waals surface area contributed by atoms with Crippen LogP contribution in [-0.2, 0) is 12.6 Å². The van der Waals surface area contributed by atoms with Gasteiger partial charge < -0.3 is 4.98 Å². The molecule has 4 nitrogen and oxygen atoms in total. The number of halogens is 3. The van der Waals surface area contributed by atoms with Gasteiger partial charge in [-0.15, -0.1) is 0 Å². The third-order valence-electron chi connectivity index (χ3n) is 3.43. The molecule has 0 amide bonds. The van der Waals surface area contributed by atoms with Gasteiger partial charge in [0.2, 0.25) is 0 Å². The molecule has 116 valence electrons. The zero-order valence-electron chi connectivity index (χ0n) is 12.2. The summed E-state index contributed by atoms with van der Waals surface area (Å²) in [7, 11) is 0. The van der Waals surface area contributed by atoms with E-state index in [-0.39, 0.29) is 0 Å². The number of rotatable bonds is 3. The fraction of sp³-hybridized carbons (Fsp3) is 0.333. The first kappa shape index (κ1) is 14.6. The average Bonchev–Trinajstić information content (AvgIpc) is 3.00. The molecule has 0 bridgehead atoms. The topological polar surface area (TPSA) is 46.5 Å². The van der Waals surface area contributed by atoms with Crippen molar-refractivity contribution >= 4 is 11.0 Å². The molecule has 0 aliphatic carbocycles. The van der Waals surface area contributed by atoms with Gasteiger partial charge in [-0.1, -0.05) is 13.3 Å². The predicted octanol–water partition coefficient (Wildman–Crippen LogP) is 4.03. The molecule has 0 radical (unpaired) electrons. The molecule has 0 saturated heterocycles. The highest BCUT2D eigenvalue weighted by Crippen LogP contribution is 2.29. The van der Waals surface area contributed by atoms with Gasteiger partial charge in [-0.2, -0.15) is 18.3 Å². The van der Waals surface area contributed by atoms with Crippen LogP contribution in [0.5, 0.6) is 0 Å². The number of fused-ring (bicyclic) bond motifs is 1. The summed E-state index contributed by atoms with van der Waals surface area (Å²) in [6, 6.07) is 6.41. The van der Waals surface area contributed by atoms with Crippen molar-refractivity contribution in [2.75, 3.05) is 0 Å². The second kappa shape index (κ2) is 5.15. The van der Waals surface area contributed by atoms with Crippen LogP contribution in [0.15, 0.2) is 24.3 Å². The minimum Gasteiger partial charge on any atom is -0.357 e. The van der Waals surface area contributed by atoms with E-state index in [0.717, 1.165) is 35.6 Å². The Balaban J connectivity index is 2.04. The minimum absolute atomic E-state index is 0.377. The lowest BCUT2D eigenvalue weighted by atomic mass is 10.2. The number of hydrogen-bond acceptors (Lipinski definition) is 2. The molecule has 3 aromatic rings.